The number of hydrogen-bond donors (Lipinski definition) is 1. The van der Waals surface area contributed by atoms with E-state index in [4.69, 9.17) is 4.98 Å². The van der Waals surface area contributed by atoms with Gasteiger partial charge in [-0.1, -0.05) is 27.2 Å². The van der Waals surface area contributed by atoms with Crippen LogP contribution in [0.1, 0.15) is 63.1 Å². The maximum Gasteiger partial charge on any atom is 0.0959 e. The second-order valence-electron chi connectivity index (χ2n) is 5.50. The van der Waals surface area contributed by atoms with Crippen LogP contribution in [0.5, 0.6) is 0 Å². The Labute approximate surface area is 109 Å². The number of nitrogens with one attached hydrogen (secondary N) is 1. The Hall–Kier alpha value is -0.410. The fraction of sp³-hybridized carbons (Fsp3) is 0.786. The van der Waals surface area contributed by atoms with Crippen LogP contribution < -0.4 is 5.32 Å². The van der Waals surface area contributed by atoms with Crippen molar-refractivity contribution in [2.24, 2.45) is 5.92 Å². The fourth-order valence-electron chi connectivity index (χ4n) is 2.57. The highest BCUT2D eigenvalue weighted by Crippen LogP contribution is 2.40. The molecule has 0 spiro atoms. The summed E-state index contributed by atoms with van der Waals surface area (Å²) in [6.45, 7) is 7.58. The molecule has 1 aliphatic rings. The number of nitrogens with zero attached hydrogens (tertiary/aromatic N) is 1. The first-order chi connectivity index (χ1) is 8.19. The van der Waals surface area contributed by atoms with Crippen LogP contribution in [-0.4, -0.2) is 11.0 Å². The Bertz CT molecular complexity index is 346. The van der Waals surface area contributed by atoms with Gasteiger partial charge in [-0.3, -0.25) is 0 Å². The van der Waals surface area contributed by atoms with Crippen molar-refractivity contribution in [3.8, 4) is 0 Å². The average molecular weight is 252 g/mol. The first-order valence-electron chi connectivity index (χ1n) is 6.86. The molecule has 1 saturated carbocycles. The zero-order valence-electron chi connectivity index (χ0n) is 11.2. The quantitative estimate of drug-likeness (QED) is 0.858. The standard InChI is InChI=1S/C14H24N2S/c1-4-11-5-6-12(7-11)14-16-13(9-17-14)8-15-10(2)3/h9-12,15H,4-8H2,1-3H3. The Morgan fingerprint density at radius 2 is 2.29 bits per heavy atom. The summed E-state index contributed by atoms with van der Waals surface area (Å²) in [4.78, 5) is 4.79. The van der Waals surface area contributed by atoms with Crippen molar-refractivity contribution >= 4 is 11.3 Å². The van der Waals surface area contributed by atoms with Crippen LogP contribution in [-0.2, 0) is 6.54 Å². The second-order valence-corrected chi connectivity index (χ2v) is 6.39. The average Bonchev–Trinajstić information content (AvgIpc) is 2.94. The topological polar surface area (TPSA) is 24.9 Å². The molecule has 0 aromatic carbocycles. The highest BCUT2D eigenvalue weighted by Gasteiger charge is 2.26. The largest absolute Gasteiger partial charge is 0.309 e. The van der Waals surface area contributed by atoms with Crippen molar-refractivity contribution in [3.63, 3.8) is 0 Å². The van der Waals surface area contributed by atoms with E-state index < -0.39 is 0 Å². The van der Waals surface area contributed by atoms with Crippen molar-refractivity contribution < 1.29 is 0 Å². The number of thiazole rings is 1. The van der Waals surface area contributed by atoms with Crippen LogP contribution in [0.2, 0.25) is 0 Å². The molecule has 1 heterocycles. The maximum atomic E-state index is 4.79. The van der Waals surface area contributed by atoms with Gasteiger partial charge in [0.05, 0.1) is 10.7 Å². The highest BCUT2D eigenvalue weighted by molar-refractivity contribution is 7.09. The number of aromatic nitrogens is 1. The Morgan fingerprint density at radius 3 is 2.94 bits per heavy atom. The van der Waals surface area contributed by atoms with Gasteiger partial charge in [-0.25, -0.2) is 4.98 Å². The van der Waals surface area contributed by atoms with Crippen LogP contribution in [0.3, 0.4) is 0 Å². The molecule has 96 valence electrons. The first kappa shape index (κ1) is 13.0. The van der Waals surface area contributed by atoms with E-state index in [0.29, 0.717) is 6.04 Å². The third-order valence-corrected chi connectivity index (χ3v) is 4.78. The molecule has 2 unspecified atom stereocenters. The monoisotopic (exact) mass is 252 g/mol. The van der Waals surface area contributed by atoms with E-state index in [2.05, 4.69) is 31.5 Å². The lowest BCUT2D eigenvalue weighted by molar-refractivity contribution is 0.520. The van der Waals surface area contributed by atoms with Gasteiger partial charge in [0.1, 0.15) is 0 Å². The number of hydrogen-bond acceptors (Lipinski definition) is 3. The van der Waals surface area contributed by atoms with Gasteiger partial charge in [0.25, 0.3) is 0 Å². The smallest absolute Gasteiger partial charge is 0.0959 e. The van der Waals surface area contributed by atoms with E-state index >= 15 is 0 Å². The molecule has 0 radical (unpaired) electrons. The summed E-state index contributed by atoms with van der Waals surface area (Å²) in [5.74, 6) is 1.69. The van der Waals surface area contributed by atoms with Crippen molar-refractivity contribution in [1.29, 1.82) is 0 Å². The van der Waals surface area contributed by atoms with Crippen LogP contribution in [0, 0.1) is 5.92 Å². The fourth-order valence-corrected chi connectivity index (χ4v) is 3.54. The summed E-state index contributed by atoms with van der Waals surface area (Å²) in [5, 5.41) is 7.03. The Morgan fingerprint density at radius 1 is 1.47 bits per heavy atom. The SMILES string of the molecule is CCC1CCC(c2nc(CNC(C)C)cs2)C1. The van der Waals surface area contributed by atoms with Gasteiger partial charge in [-0.05, 0) is 25.2 Å². The van der Waals surface area contributed by atoms with Crippen molar-refractivity contribution in [2.75, 3.05) is 0 Å². The van der Waals surface area contributed by atoms with Gasteiger partial charge in [-0.2, -0.15) is 0 Å². The molecule has 1 N–H and O–H groups in total. The molecular formula is C14H24N2S. The lowest BCUT2D eigenvalue weighted by Crippen LogP contribution is -2.21. The molecular weight excluding hydrogens is 228 g/mol. The van der Waals surface area contributed by atoms with Crippen LogP contribution >= 0.6 is 11.3 Å². The van der Waals surface area contributed by atoms with Gasteiger partial charge in [0.15, 0.2) is 0 Å². The first-order valence-corrected chi connectivity index (χ1v) is 7.74. The molecule has 2 rings (SSSR count). The summed E-state index contributed by atoms with van der Waals surface area (Å²) >= 11 is 1.86. The molecule has 1 aromatic heterocycles. The van der Waals surface area contributed by atoms with Gasteiger partial charge < -0.3 is 5.32 Å². The molecule has 2 atom stereocenters. The van der Waals surface area contributed by atoms with E-state index in [0.717, 1.165) is 18.4 Å². The van der Waals surface area contributed by atoms with Crippen molar-refractivity contribution in [2.45, 2.75) is 65.0 Å². The zero-order chi connectivity index (χ0) is 12.3. The Kier molecular flexibility index (Phi) is 4.57. The van der Waals surface area contributed by atoms with Gasteiger partial charge in [-0.15, -0.1) is 11.3 Å². The zero-order valence-corrected chi connectivity index (χ0v) is 12.0. The third-order valence-electron chi connectivity index (χ3n) is 3.73. The van der Waals surface area contributed by atoms with Crippen LogP contribution in [0.4, 0.5) is 0 Å². The van der Waals surface area contributed by atoms with Crippen molar-refractivity contribution in [3.05, 3.63) is 16.1 Å². The number of rotatable bonds is 5. The van der Waals surface area contributed by atoms with E-state index in [1.54, 1.807) is 0 Å². The summed E-state index contributed by atoms with van der Waals surface area (Å²) in [6.07, 6.45) is 5.45. The van der Waals surface area contributed by atoms with Gasteiger partial charge >= 0.3 is 0 Å². The lowest BCUT2D eigenvalue weighted by Gasteiger charge is -2.07. The van der Waals surface area contributed by atoms with Crippen LogP contribution in [0.25, 0.3) is 0 Å². The minimum absolute atomic E-state index is 0.538. The third kappa shape index (κ3) is 3.52. The molecule has 2 nitrogen and oxygen atoms in total. The molecule has 1 fully saturated rings. The molecule has 0 bridgehead atoms. The van der Waals surface area contributed by atoms with Crippen molar-refractivity contribution in [1.82, 2.24) is 10.3 Å². The summed E-state index contributed by atoms with van der Waals surface area (Å²) in [6, 6.07) is 0.538. The molecule has 17 heavy (non-hydrogen) atoms. The minimum Gasteiger partial charge on any atom is -0.309 e. The summed E-state index contributed by atoms with van der Waals surface area (Å²) in [5.41, 5.74) is 1.22. The molecule has 0 aliphatic heterocycles. The maximum absolute atomic E-state index is 4.79. The minimum atomic E-state index is 0.538. The molecule has 0 amide bonds. The molecule has 1 aromatic rings. The van der Waals surface area contributed by atoms with E-state index in [9.17, 15) is 0 Å². The van der Waals surface area contributed by atoms with E-state index in [1.165, 1.54) is 36.4 Å². The van der Waals surface area contributed by atoms with E-state index in [-0.39, 0.29) is 0 Å². The summed E-state index contributed by atoms with van der Waals surface area (Å²) < 4.78 is 0. The van der Waals surface area contributed by atoms with E-state index in [1.807, 2.05) is 11.3 Å². The lowest BCUT2D eigenvalue weighted by atomic mass is 10.0. The molecule has 0 saturated heterocycles. The van der Waals surface area contributed by atoms with Crippen LogP contribution in [0.15, 0.2) is 5.38 Å². The highest BCUT2D eigenvalue weighted by atomic mass is 32.1. The Balaban J connectivity index is 1.90. The predicted molar refractivity (Wildman–Crippen MR) is 74.5 cm³/mol. The van der Waals surface area contributed by atoms with Gasteiger partial charge in [0, 0.05) is 23.9 Å². The summed E-state index contributed by atoms with van der Waals surface area (Å²) in [7, 11) is 0. The predicted octanol–water partition coefficient (Wildman–Crippen LogP) is 3.93. The second kappa shape index (κ2) is 5.96. The molecule has 3 heteroatoms. The van der Waals surface area contributed by atoms with Gasteiger partial charge in [0.2, 0.25) is 0 Å². The normalized spacial score (nSPS) is 24.7. The molecule has 1 aliphatic carbocycles.